The minimum Gasteiger partial charge on any atom is -0.369 e. The molecule has 1 aliphatic heterocycles. The highest BCUT2D eigenvalue weighted by Gasteiger charge is 2.16. The molecule has 9 heteroatoms. The number of rotatable bonds is 7. The zero-order chi connectivity index (χ0) is 19.8. The second-order valence-corrected chi connectivity index (χ2v) is 8.64. The first-order valence-corrected chi connectivity index (χ1v) is 10.9. The van der Waals surface area contributed by atoms with Crippen LogP contribution in [0.5, 0.6) is 0 Å². The van der Waals surface area contributed by atoms with E-state index in [1.54, 1.807) is 18.4 Å². The molecule has 0 aliphatic carbocycles. The summed E-state index contributed by atoms with van der Waals surface area (Å²) in [7, 11) is 1.80. The molecule has 2 heterocycles. The number of piperazine rings is 1. The number of thiazole rings is 1. The fraction of sp³-hybridized carbons (Fsp3) is 0.500. The van der Waals surface area contributed by atoms with Crippen LogP contribution in [-0.2, 0) is 6.54 Å². The third kappa shape index (κ3) is 7.92. The van der Waals surface area contributed by atoms with Gasteiger partial charge in [0.1, 0.15) is 5.01 Å². The number of anilines is 1. The van der Waals surface area contributed by atoms with Crippen LogP contribution >= 0.6 is 46.9 Å². The average molecular weight is 549 g/mol. The lowest BCUT2D eigenvalue weighted by atomic mass is 10.2. The highest BCUT2D eigenvalue weighted by Crippen LogP contribution is 2.20. The molecule has 6 nitrogen and oxygen atoms in total. The Morgan fingerprint density at radius 3 is 2.69 bits per heavy atom. The zero-order valence-corrected chi connectivity index (χ0v) is 20.9. The summed E-state index contributed by atoms with van der Waals surface area (Å²) >= 11 is 7.82. The van der Waals surface area contributed by atoms with Crippen LogP contribution in [0.15, 0.2) is 35.5 Å². The van der Waals surface area contributed by atoms with Gasteiger partial charge in [0.15, 0.2) is 5.96 Å². The van der Waals surface area contributed by atoms with Crippen molar-refractivity contribution >= 4 is 58.6 Å². The summed E-state index contributed by atoms with van der Waals surface area (Å²) in [6.07, 6.45) is 3.00. The summed E-state index contributed by atoms with van der Waals surface area (Å²) in [6, 6.07) is 8.13. The molecular weight excluding hydrogens is 519 g/mol. The number of aryl methyl sites for hydroxylation is 1. The Morgan fingerprint density at radius 2 is 2.03 bits per heavy atom. The average Bonchev–Trinajstić information content (AvgIpc) is 3.13. The van der Waals surface area contributed by atoms with Crippen molar-refractivity contribution in [2.75, 3.05) is 51.2 Å². The van der Waals surface area contributed by atoms with Gasteiger partial charge in [0.05, 0.1) is 6.54 Å². The minimum atomic E-state index is 0. The van der Waals surface area contributed by atoms with E-state index < -0.39 is 0 Å². The zero-order valence-electron chi connectivity index (χ0n) is 17.0. The topological polar surface area (TPSA) is 55.8 Å². The van der Waals surface area contributed by atoms with Crippen LogP contribution in [0.3, 0.4) is 0 Å². The lowest BCUT2D eigenvalue weighted by Crippen LogP contribution is -2.47. The van der Waals surface area contributed by atoms with E-state index in [0.717, 1.165) is 61.7 Å². The standard InChI is InChI=1S/C20H29ClN6S.HI/c1-16-14-24-19(28-16)15-25-20(22-2)23-7-4-8-26-9-11-27(12-10-26)18-6-3-5-17(21)13-18;/h3,5-6,13-14H,4,7-12,15H2,1-2H3,(H2,22,23,25);1H. The fourth-order valence-electron chi connectivity index (χ4n) is 3.28. The molecule has 3 rings (SSSR count). The molecule has 29 heavy (non-hydrogen) atoms. The number of guanidine groups is 1. The van der Waals surface area contributed by atoms with Gasteiger partial charge in [-0.15, -0.1) is 35.3 Å². The Kier molecular flexibility index (Phi) is 10.5. The van der Waals surface area contributed by atoms with Gasteiger partial charge in [0.25, 0.3) is 0 Å². The maximum absolute atomic E-state index is 6.11. The number of nitrogens with zero attached hydrogens (tertiary/aromatic N) is 4. The van der Waals surface area contributed by atoms with Crippen molar-refractivity contribution in [1.29, 1.82) is 0 Å². The van der Waals surface area contributed by atoms with Gasteiger partial charge in [-0.1, -0.05) is 17.7 Å². The molecule has 2 aromatic rings. The van der Waals surface area contributed by atoms with Crippen molar-refractivity contribution in [2.24, 2.45) is 4.99 Å². The molecule has 1 aromatic carbocycles. The lowest BCUT2D eigenvalue weighted by molar-refractivity contribution is 0.255. The van der Waals surface area contributed by atoms with Crippen LogP contribution in [0.2, 0.25) is 5.02 Å². The summed E-state index contributed by atoms with van der Waals surface area (Å²) in [5.74, 6) is 0.832. The Labute approximate surface area is 199 Å². The van der Waals surface area contributed by atoms with Crippen molar-refractivity contribution in [2.45, 2.75) is 19.9 Å². The molecule has 0 atom stereocenters. The first-order valence-electron chi connectivity index (χ1n) is 9.73. The first-order chi connectivity index (χ1) is 13.6. The molecule has 0 bridgehead atoms. The second kappa shape index (κ2) is 12.6. The summed E-state index contributed by atoms with van der Waals surface area (Å²) in [5.41, 5.74) is 1.22. The van der Waals surface area contributed by atoms with Gasteiger partial charge in [-0.2, -0.15) is 0 Å². The van der Waals surface area contributed by atoms with Crippen LogP contribution in [0.25, 0.3) is 0 Å². The van der Waals surface area contributed by atoms with Crippen molar-refractivity contribution in [3.8, 4) is 0 Å². The molecule has 0 amide bonds. The summed E-state index contributed by atoms with van der Waals surface area (Å²) in [6.45, 7) is 9.05. The van der Waals surface area contributed by atoms with Gasteiger partial charge in [0.2, 0.25) is 0 Å². The maximum Gasteiger partial charge on any atom is 0.191 e. The van der Waals surface area contributed by atoms with Gasteiger partial charge in [-0.3, -0.25) is 9.89 Å². The summed E-state index contributed by atoms with van der Waals surface area (Å²) in [4.78, 5) is 14.8. The molecule has 1 aliphatic rings. The monoisotopic (exact) mass is 548 g/mol. The van der Waals surface area contributed by atoms with Crippen LogP contribution in [0, 0.1) is 6.92 Å². The molecular formula is C20H30ClIN6S. The number of halogens is 2. The first kappa shape index (κ1) is 24.2. The van der Waals surface area contributed by atoms with Crippen LogP contribution in [0.1, 0.15) is 16.3 Å². The number of hydrogen-bond donors (Lipinski definition) is 2. The molecule has 1 aromatic heterocycles. The quantitative estimate of drug-likeness (QED) is 0.240. The van der Waals surface area contributed by atoms with Crippen molar-refractivity contribution < 1.29 is 0 Å². The number of aliphatic imine (C=N–C) groups is 1. The Morgan fingerprint density at radius 1 is 1.24 bits per heavy atom. The molecule has 0 unspecified atom stereocenters. The van der Waals surface area contributed by atoms with Crippen molar-refractivity contribution in [1.82, 2.24) is 20.5 Å². The summed E-state index contributed by atoms with van der Waals surface area (Å²) < 4.78 is 0. The van der Waals surface area contributed by atoms with Gasteiger partial charge < -0.3 is 15.5 Å². The largest absolute Gasteiger partial charge is 0.369 e. The Hall–Kier alpha value is -1.10. The van der Waals surface area contributed by atoms with Gasteiger partial charge in [-0.25, -0.2) is 4.98 Å². The van der Waals surface area contributed by atoms with E-state index in [4.69, 9.17) is 11.6 Å². The molecule has 160 valence electrons. The number of hydrogen-bond acceptors (Lipinski definition) is 5. The molecule has 0 saturated carbocycles. The number of nitrogens with one attached hydrogen (secondary N) is 2. The normalized spacial score (nSPS) is 15.1. The van der Waals surface area contributed by atoms with Crippen LogP contribution in [-0.4, -0.2) is 62.2 Å². The van der Waals surface area contributed by atoms with Gasteiger partial charge in [0, 0.05) is 61.6 Å². The number of aromatic nitrogens is 1. The van der Waals surface area contributed by atoms with Crippen LogP contribution in [0.4, 0.5) is 5.69 Å². The van der Waals surface area contributed by atoms with Gasteiger partial charge >= 0.3 is 0 Å². The second-order valence-electron chi connectivity index (χ2n) is 6.88. The molecule has 1 fully saturated rings. The van der Waals surface area contributed by atoms with E-state index in [-0.39, 0.29) is 24.0 Å². The Balaban J connectivity index is 0.00000300. The van der Waals surface area contributed by atoms with Crippen molar-refractivity contribution in [3.05, 3.63) is 45.4 Å². The van der Waals surface area contributed by atoms with Gasteiger partial charge in [-0.05, 0) is 38.1 Å². The predicted molar refractivity (Wildman–Crippen MR) is 135 cm³/mol. The minimum absolute atomic E-state index is 0. The molecule has 1 saturated heterocycles. The van der Waals surface area contributed by atoms with E-state index >= 15 is 0 Å². The summed E-state index contributed by atoms with van der Waals surface area (Å²) in [5, 5.41) is 8.60. The van der Waals surface area contributed by atoms with E-state index in [9.17, 15) is 0 Å². The predicted octanol–water partition coefficient (Wildman–Crippen LogP) is 3.60. The van der Waals surface area contributed by atoms with E-state index in [1.165, 1.54) is 10.6 Å². The lowest BCUT2D eigenvalue weighted by Gasteiger charge is -2.36. The van der Waals surface area contributed by atoms with E-state index in [2.05, 4.69) is 43.4 Å². The third-order valence-electron chi connectivity index (χ3n) is 4.79. The van der Waals surface area contributed by atoms with E-state index in [0.29, 0.717) is 6.54 Å². The molecule has 0 spiro atoms. The highest BCUT2D eigenvalue weighted by molar-refractivity contribution is 14.0. The maximum atomic E-state index is 6.11. The number of benzene rings is 1. The third-order valence-corrected chi connectivity index (χ3v) is 5.94. The van der Waals surface area contributed by atoms with E-state index in [1.807, 2.05) is 24.4 Å². The van der Waals surface area contributed by atoms with Crippen molar-refractivity contribution in [3.63, 3.8) is 0 Å². The Bertz CT molecular complexity index is 776. The smallest absolute Gasteiger partial charge is 0.191 e. The SMILES string of the molecule is CN=C(NCCCN1CCN(c2cccc(Cl)c2)CC1)NCc1ncc(C)s1.I. The fourth-order valence-corrected chi connectivity index (χ4v) is 4.19. The molecule has 2 N–H and O–H groups in total. The molecule has 0 radical (unpaired) electrons. The van der Waals surface area contributed by atoms with Crippen LogP contribution < -0.4 is 15.5 Å². The highest BCUT2D eigenvalue weighted by atomic mass is 127.